The lowest BCUT2D eigenvalue weighted by molar-refractivity contribution is 0.0890. The average molecular weight is 697 g/mol. The fraction of sp³-hybridized carbons (Fsp3) is 0.263. The second-order valence-electron chi connectivity index (χ2n) is 12.3. The van der Waals surface area contributed by atoms with Crippen LogP contribution in [0.4, 0.5) is 4.39 Å². The third-order valence-corrected chi connectivity index (χ3v) is 9.18. The van der Waals surface area contributed by atoms with Crippen molar-refractivity contribution in [2.75, 3.05) is 12.9 Å². The number of para-hydroxylation sites is 1. The molecule has 0 spiro atoms. The lowest BCUT2D eigenvalue weighted by Gasteiger charge is -2.30. The first-order chi connectivity index (χ1) is 24.1. The van der Waals surface area contributed by atoms with E-state index in [1.165, 1.54) is 0 Å². The molecule has 6 rings (SSSR count). The number of hydrogen-bond donors (Lipinski definition) is 2. The predicted molar refractivity (Wildman–Crippen MR) is 188 cm³/mol. The number of hydrogen-bond acceptors (Lipinski definition) is 8. The van der Waals surface area contributed by atoms with Gasteiger partial charge < -0.3 is 15.4 Å². The summed E-state index contributed by atoms with van der Waals surface area (Å²) in [6.45, 7) is 0.129. The Labute approximate surface area is 290 Å². The summed E-state index contributed by atoms with van der Waals surface area (Å²) in [5.41, 5.74) is 4.00. The van der Waals surface area contributed by atoms with Gasteiger partial charge in [-0.2, -0.15) is 8.42 Å². The van der Waals surface area contributed by atoms with Gasteiger partial charge in [-0.05, 0) is 85.5 Å². The summed E-state index contributed by atoms with van der Waals surface area (Å²) >= 11 is 0. The maximum Gasteiger partial charge on any atom is 0.264 e. The molecule has 0 radical (unpaired) electrons. The highest BCUT2D eigenvalue weighted by Gasteiger charge is 2.26. The maximum atomic E-state index is 14.3. The van der Waals surface area contributed by atoms with Crippen LogP contribution >= 0.6 is 0 Å². The molecule has 2 heterocycles. The zero-order valence-electron chi connectivity index (χ0n) is 27.5. The van der Waals surface area contributed by atoms with Crippen LogP contribution < -0.4 is 15.4 Å². The average Bonchev–Trinajstić information content (AvgIpc) is 3.11. The molecule has 10 nitrogen and oxygen atoms in total. The molecule has 0 bridgehead atoms. The van der Waals surface area contributed by atoms with E-state index < -0.39 is 21.8 Å². The van der Waals surface area contributed by atoms with E-state index in [1.807, 2.05) is 66.7 Å². The second-order valence-corrected chi connectivity index (χ2v) is 14.0. The summed E-state index contributed by atoms with van der Waals surface area (Å²) in [7, 11) is -3.45. The Bertz CT molecular complexity index is 2100. The van der Waals surface area contributed by atoms with E-state index in [4.69, 9.17) is 8.92 Å². The number of aromatic nitrogens is 2. The molecule has 50 heavy (non-hydrogen) atoms. The molecule has 258 valence electrons. The minimum absolute atomic E-state index is 0.0153. The number of fused-ring (bicyclic) bond motifs is 1. The van der Waals surface area contributed by atoms with Gasteiger partial charge >= 0.3 is 0 Å². The molecular formula is C38H37FN4O6S. The Morgan fingerprint density at radius 2 is 1.50 bits per heavy atom. The summed E-state index contributed by atoms with van der Waals surface area (Å²) in [4.78, 5) is 34.9. The van der Waals surface area contributed by atoms with Crippen molar-refractivity contribution < 1.29 is 31.3 Å². The third-order valence-electron chi connectivity index (χ3n) is 8.58. The topological polar surface area (TPSA) is 137 Å². The Morgan fingerprint density at radius 3 is 2.22 bits per heavy atom. The molecule has 0 atom stereocenters. The van der Waals surface area contributed by atoms with Crippen LogP contribution in [-0.2, 0) is 20.7 Å². The molecule has 1 aliphatic rings. The van der Waals surface area contributed by atoms with E-state index >= 15 is 0 Å². The van der Waals surface area contributed by atoms with Crippen LogP contribution in [0.3, 0.4) is 0 Å². The third kappa shape index (κ3) is 9.07. The van der Waals surface area contributed by atoms with Crippen LogP contribution in [-0.4, -0.2) is 55.1 Å². The van der Waals surface area contributed by atoms with Crippen LogP contribution in [0.15, 0.2) is 97.3 Å². The summed E-state index contributed by atoms with van der Waals surface area (Å²) < 4.78 is 47.5. The Balaban J connectivity index is 1.05. The lowest BCUT2D eigenvalue weighted by Crippen LogP contribution is -2.44. The highest BCUT2D eigenvalue weighted by molar-refractivity contribution is 7.85. The van der Waals surface area contributed by atoms with E-state index in [0.29, 0.717) is 55.4 Å². The summed E-state index contributed by atoms with van der Waals surface area (Å²) in [6, 6.07) is 25.3. The maximum absolute atomic E-state index is 14.3. The molecule has 2 N–H and O–H groups in total. The molecule has 1 saturated carbocycles. The Morgan fingerprint density at radius 1 is 0.820 bits per heavy atom. The number of nitrogens with zero attached hydrogens (tertiary/aromatic N) is 2. The number of benzene rings is 3. The number of aryl methyl sites for hydroxylation is 1. The summed E-state index contributed by atoms with van der Waals surface area (Å²) in [5.74, 6) is -0.916. The van der Waals surface area contributed by atoms with Gasteiger partial charge in [0.2, 0.25) is 5.88 Å². The van der Waals surface area contributed by atoms with E-state index in [2.05, 4.69) is 20.6 Å². The van der Waals surface area contributed by atoms with E-state index in [1.54, 1.807) is 18.3 Å². The van der Waals surface area contributed by atoms with Crippen molar-refractivity contribution in [1.29, 1.82) is 0 Å². The van der Waals surface area contributed by atoms with Crippen molar-refractivity contribution in [1.82, 2.24) is 20.6 Å². The second kappa shape index (κ2) is 15.6. The van der Waals surface area contributed by atoms with Crippen molar-refractivity contribution in [3.8, 4) is 22.8 Å². The fourth-order valence-corrected chi connectivity index (χ4v) is 6.49. The molecule has 3 aromatic carbocycles. The van der Waals surface area contributed by atoms with Gasteiger partial charge in [0.15, 0.2) is 0 Å². The molecule has 5 aromatic rings. The first-order valence-corrected chi connectivity index (χ1v) is 18.3. The number of nitrogens with one attached hydrogen (secondary N) is 2. The number of pyridine rings is 2. The van der Waals surface area contributed by atoms with Crippen LogP contribution in [0.2, 0.25) is 0 Å². The van der Waals surface area contributed by atoms with Crippen LogP contribution in [0, 0.1) is 5.82 Å². The summed E-state index contributed by atoms with van der Waals surface area (Å²) in [5, 5.41) is 7.01. The molecule has 1 fully saturated rings. The van der Waals surface area contributed by atoms with Gasteiger partial charge in [0, 0.05) is 23.7 Å². The zero-order chi connectivity index (χ0) is 35.1. The van der Waals surface area contributed by atoms with Gasteiger partial charge in [0.25, 0.3) is 21.9 Å². The van der Waals surface area contributed by atoms with Gasteiger partial charge in [-0.25, -0.2) is 9.37 Å². The monoisotopic (exact) mass is 696 g/mol. The standard InChI is InChI=1S/C38H37FN4O6S/c1-50(46,47)48-21-5-6-25-12-14-26(15-13-25)28-8-2-10-32(22-28)49-38-34(23-29(39)24-41-38)37(45)43-31-18-16-30(17-19-31)42-36(44)33-11-3-7-27-9-4-20-40-35(27)33/h2-4,7-15,20,22-24,30-31H,5-6,16-19,21H2,1H3,(H,42,44)(H,43,45)/t30-,31-. The number of amides is 2. The highest BCUT2D eigenvalue weighted by atomic mass is 32.2. The molecule has 0 aliphatic heterocycles. The molecule has 2 aromatic heterocycles. The molecule has 1 aliphatic carbocycles. The van der Waals surface area contributed by atoms with Gasteiger partial charge in [-0.3, -0.25) is 18.8 Å². The quantitative estimate of drug-likeness (QED) is 0.110. The minimum atomic E-state index is -3.45. The van der Waals surface area contributed by atoms with E-state index in [9.17, 15) is 22.4 Å². The first-order valence-electron chi connectivity index (χ1n) is 16.4. The van der Waals surface area contributed by atoms with Gasteiger partial charge in [0.05, 0.1) is 30.1 Å². The number of halogens is 1. The van der Waals surface area contributed by atoms with Crippen molar-refractivity contribution in [2.45, 2.75) is 50.6 Å². The molecule has 0 unspecified atom stereocenters. The van der Waals surface area contributed by atoms with Gasteiger partial charge in [0.1, 0.15) is 17.1 Å². The van der Waals surface area contributed by atoms with Gasteiger partial charge in [-0.1, -0.05) is 54.6 Å². The minimum Gasteiger partial charge on any atom is -0.438 e. The van der Waals surface area contributed by atoms with E-state index in [-0.39, 0.29) is 36.0 Å². The molecule has 0 saturated heterocycles. The smallest absolute Gasteiger partial charge is 0.264 e. The number of carbonyl (C=O) groups is 2. The molecule has 12 heteroatoms. The summed E-state index contributed by atoms with van der Waals surface area (Å²) in [6.07, 6.45) is 7.57. The first kappa shape index (κ1) is 34.7. The Kier molecular flexibility index (Phi) is 10.8. The Hall–Kier alpha value is -5.20. The SMILES string of the molecule is CS(=O)(=O)OCCCc1ccc(-c2cccc(Oc3ncc(F)cc3C(=O)N[C@H]3CC[C@H](NC(=O)c4cccc5cccnc45)CC3)c2)cc1. The number of rotatable bonds is 12. The van der Waals surface area contributed by atoms with Crippen LogP contribution in [0.1, 0.15) is 58.4 Å². The van der Waals surface area contributed by atoms with Crippen molar-refractivity contribution >= 4 is 32.8 Å². The predicted octanol–water partition coefficient (Wildman–Crippen LogP) is 6.61. The fourth-order valence-electron chi connectivity index (χ4n) is 6.07. The number of carbonyl (C=O) groups excluding carboxylic acids is 2. The van der Waals surface area contributed by atoms with E-state index in [0.717, 1.165) is 40.6 Å². The van der Waals surface area contributed by atoms with Crippen molar-refractivity contribution in [3.63, 3.8) is 0 Å². The zero-order valence-corrected chi connectivity index (χ0v) is 28.3. The largest absolute Gasteiger partial charge is 0.438 e. The van der Waals surface area contributed by atoms with Crippen molar-refractivity contribution in [2.24, 2.45) is 0 Å². The lowest BCUT2D eigenvalue weighted by atomic mass is 9.90. The molecular weight excluding hydrogens is 660 g/mol. The highest BCUT2D eigenvalue weighted by Crippen LogP contribution is 2.29. The van der Waals surface area contributed by atoms with Gasteiger partial charge in [-0.15, -0.1) is 0 Å². The van der Waals surface area contributed by atoms with Crippen LogP contribution in [0.5, 0.6) is 11.6 Å². The normalized spacial score (nSPS) is 16.1. The number of ether oxygens (including phenoxy) is 1. The van der Waals surface area contributed by atoms with Crippen molar-refractivity contribution in [3.05, 3.63) is 120 Å². The van der Waals surface area contributed by atoms with Crippen LogP contribution in [0.25, 0.3) is 22.0 Å². The molecule has 2 amide bonds.